The van der Waals surface area contributed by atoms with Crippen LogP contribution in [0.1, 0.15) is 85.3 Å². The Hall–Kier alpha value is -3.75. The molecular formula is C32H41ClF6N6O3. The third-order valence-corrected chi connectivity index (χ3v) is 8.63. The monoisotopic (exact) mass is 706 g/mol. The zero-order chi connectivity index (χ0) is 34.4. The minimum atomic E-state index is -4.93. The number of tetrazole rings is 1. The summed E-state index contributed by atoms with van der Waals surface area (Å²) in [5, 5.41) is 26.2. The Morgan fingerprint density at radius 3 is 1.92 bits per heavy atom. The number of rotatable bonds is 9. The summed E-state index contributed by atoms with van der Waals surface area (Å²) in [6.07, 6.45) is -1.50. The van der Waals surface area contributed by atoms with E-state index in [9.17, 15) is 26.3 Å². The van der Waals surface area contributed by atoms with Gasteiger partial charge in [-0.1, -0.05) is 30.4 Å². The molecule has 1 fully saturated rings. The third-order valence-electron chi connectivity index (χ3n) is 8.63. The highest BCUT2D eigenvalue weighted by Crippen LogP contribution is 2.38. The van der Waals surface area contributed by atoms with Crippen molar-refractivity contribution in [1.29, 1.82) is 0 Å². The van der Waals surface area contributed by atoms with E-state index >= 15 is 0 Å². The first-order valence-corrected chi connectivity index (χ1v) is 15.7. The van der Waals surface area contributed by atoms with E-state index < -0.39 is 29.6 Å². The Labute approximate surface area is 281 Å². The van der Waals surface area contributed by atoms with Gasteiger partial charge in [0.2, 0.25) is 0 Å². The van der Waals surface area contributed by atoms with Crippen LogP contribution in [0.25, 0.3) is 0 Å². The summed E-state index contributed by atoms with van der Waals surface area (Å²) < 4.78 is 81.9. The van der Waals surface area contributed by atoms with E-state index in [1.54, 1.807) is 11.9 Å². The average molecular weight is 707 g/mol. The molecule has 1 heterocycles. The molecule has 0 bridgehead atoms. The van der Waals surface area contributed by atoms with Gasteiger partial charge in [-0.25, -0.2) is 4.79 Å². The summed E-state index contributed by atoms with van der Waals surface area (Å²) in [5.41, 5.74) is 1.74. The molecule has 0 aliphatic heterocycles. The zero-order valence-electron chi connectivity index (χ0n) is 26.8. The van der Waals surface area contributed by atoms with E-state index in [0.29, 0.717) is 5.92 Å². The fraction of sp³-hybridized carbons (Fsp3) is 0.562. The number of hydrogen-bond donors (Lipinski definition) is 2. The Bertz CT molecular complexity index is 1470. The molecule has 0 radical (unpaired) electrons. The SMILES string of the molecule is CCN(CC1CCCCC1)c1cc2c(cc1CN(Cc1cc(C(F)(F)F)cc(C(F)(F)F)c1)c1nnn(C)n1)CCCC2.Cl.O=C(O)O. The number of anilines is 2. The molecule has 2 aliphatic rings. The molecule has 48 heavy (non-hydrogen) atoms. The molecule has 266 valence electrons. The average Bonchev–Trinajstić information content (AvgIpc) is 3.44. The van der Waals surface area contributed by atoms with Gasteiger partial charge in [-0.15, -0.1) is 17.5 Å². The van der Waals surface area contributed by atoms with Gasteiger partial charge in [0.05, 0.1) is 18.2 Å². The predicted octanol–water partition coefficient (Wildman–Crippen LogP) is 8.38. The molecule has 0 unspecified atom stereocenters. The molecule has 9 nitrogen and oxygen atoms in total. The van der Waals surface area contributed by atoms with Gasteiger partial charge in [0.1, 0.15) is 0 Å². The fourth-order valence-corrected chi connectivity index (χ4v) is 6.46. The molecule has 2 aliphatic carbocycles. The van der Waals surface area contributed by atoms with E-state index in [0.717, 1.165) is 62.2 Å². The smallest absolute Gasteiger partial charge is 0.450 e. The lowest BCUT2D eigenvalue weighted by Crippen LogP contribution is -2.33. The summed E-state index contributed by atoms with van der Waals surface area (Å²) in [6.45, 7) is 3.76. The van der Waals surface area contributed by atoms with Crippen LogP contribution >= 0.6 is 12.4 Å². The molecule has 3 aromatic rings. The maximum atomic E-state index is 13.7. The second-order valence-electron chi connectivity index (χ2n) is 12.1. The van der Waals surface area contributed by atoms with Gasteiger partial charge in [0.25, 0.3) is 5.95 Å². The van der Waals surface area contributed by atoms with Crippen LogP contribution in [0.4, 0.5) is 42.8 Å². The number of carboxylic acid groups (broad SMARTS) is 2. The molecule has 0 amide bonds. The number of hydrogen-bond acceptors (Lipinski definition) is 6. The van der Waals surface area contributed by atoms with E-state index in [1.807, 2.05) is 0 Å². The molecule has 0 saturated heterocycles. The molecule has 2 aromatic carbocycles. The Morgan fingerprint density at radius 2 is 1.42 bits per heavy atom. The number of aromatic nitrogens is 4. The van der Waals surface area contributed by atoms with Crippen molar-refractivity contribution in [2.75, 3.05) is 22.9 Å². The van der Waals surface area contributed by atoms with Gasteiger partial charge in [0, 0.05) is 31.9 Å². The van der Waals surface area contributed by atoms with Crippen LogP contribution < -0.4 is 9.80 Å². The predicted molar refractivity (Wildman–Crippen MR) is 171 cm³/mol. The maximum absolute atomic E-state index is 13.7. The van der Waals surface area contributed by atoms with E-state index in [2.05, 4.69) is 39.4 Å². The number of nitrogens with zero attached hydrogens (tertiary/aromatic N) is 6. The highest BCUT2D eigenvalue weighted by Gasteiger charge is 2.37. The first kappa shape index (κ1) is 38.7. The van der Waals surface area contributed by atoms with Crippen molar-refractivity contribution in [1.82, 2.24) is 20.2 Å². The van der Waals surface area contributed by atoms with Crippen LogP contribution in [-0.4, -0.2) is 49.7 Å². The highest BCUT2D eigenvalue weighted by atomic mass is 35.5. The van der Waals surface area contributed by atoms with E-state index in [-0.39, 0.29) is 43.1 Å². The quantitative estimate of drug-likeness (QED) is 0.214. The van der Waals surface area contributed by atoms with Crippen molar-refractivity contribution in [3.05, 3.63) is 63.7 Å². The van der Waals surface area contributed by atoms with E-state index in [1.165, 1.54) is 48.0 Å². The number of halogens is 7. The summed E-state index contributed by atoms with van der Waals surface area (Å²) >= 11 is 0. The molecule has 0 spiro atoms. The summed E-state index contributed by atoms with van der Waals surface area (Å²) in [6, 6.07) is 6.12. The van der Waals surface area contributed by atoms with Crippen LogP contribution in [0.15, 0.2) is 30.3 Å². The lowest BCUT2D eigenvalue weighted by molar-refractivity contribution is -0.143. The summed E-state index contributed by atoms with van der Waals surface area (Å²) in [7, 11) is 1.56. The van der Waals surface area contributed by atoms with Gasteiger partial charge in [-0.3, -0.25) is 0 Å². The van der Waals surface area contributed by atoms with Crippen molar-refractivity contribution in [3.8, 4) is 0 Å². The first-order chi connectivity index (χ1) is 22.1. The van der Waals surface area contributed by atoms with Gasteiger partial charge < -0.3 is 20.0 Å². The van der Waals surface area contributed by atoms with Crippen molar-refractivity contribution < 1.29 is 41.4 Å². The van der Waals surface area contributed by atoms with E-state index in [4.69, 9.17) is 15.0 Å². The normalized spacial score (nSPS) is 15.1. The van der Waals surface area contributed by atoms with Crippen LogP contribution in [0.3, 0.4) is 0 Å². The summed E-state index contributed by atoms with van der Waals surface area (Å²) in [5.74, 6) is 0.716. The minimum absolute atomic E-state index is 0. The standard InChI is InChI=1S/C31H38F6N6.CH2O3.ClH/c1-3-42(18-21-9-5-4-6-10-21)28-16-24-12-8-7-11-23(24)15-25(28)20-43(29-38-40-41(2)39-29)19-22-13-26(30(32,33)34)17-27(14-22)31(35,36)37;2-1(3)4;/h13-17,21H,3-12,18-20H2,1-2H3;(H2,2,3,4);1H. The van der Waals surface area contributed by atoms with Crippen molar-refractivity contribution >= 4 is 30.2 Å². The second kappa shape index (κ2) is 16.6. The van der Waals surface area contributed by atoms with Gasteiger partial charge >= 0.3 is 18.5 Å². The Balaban J connectivity index is 0.00000118. The lowest BCUT2D eigenvalue weighted by Gasteiger charge is -2.34. The van der Waals surface area contributed by atoms with Crippen LogP contribution in [-0.2, 0) is 45.3 Å². The number of alkyl halides is 6. The highest BCUT2D eigenvalue weighted by molar-refractivity contribution is 5.85. The van der Waals surface area contributed by atoms with Crippen LogP contribution in [0, 0.1) is 5.92 Å². The molecule has 5 rings (SSSR count). The molecule has 2 N–H and O–H groups in total. The number of carbonyl (C=O) groups is 1. The number of aryl methyl sites for hydroxylation is 3. The second-order valence-corrected chi connectivity index (χ2v) is 12.1. The molecule has 16 heteroatoms. The van der Waals surface area contributed by atoms with Crippen molar-refractivity contribution in [3.63, 3.8) is 0 Å². The first-order valence-electron chi connectivity index (χ1n) is 15.7. The van der Waals surface area contributed by atoms with Crippen LogP contribution in [0.5, 0.6) is 0 Å². The third kappa shape index (κ3) is 10.6. The van der Waals surface area contributed by atoms with Crippen molar-refractivity contribution in [2.45, 2.75) is 90.2 Å². The summed E-state index contributed by atoms with van der Waals surface area (Å²) in [4.78, 5) is 13.8. The Kier molecular flexibility index (Phi) is 13.4. The van der Waals surface area contributed by atoms with Gasteiger partial charge in [-0.2, -0.15) is 31.1 Å². The van der Waals surface area contributed by atoms with Crippen LogP contribution in [0.2, 0.25) is 0 Å². The maximum Gasteiger partial charge on any atom is 0.503 e. The minimum Gasteiger partial charge on any atom is -0.450 e. The number of fused-ring (bicyclic) bond motifs is 1. The zero-order valence-corrected chi connectivity index (χ0v) is 27.6. The van der Waals surface area contributed by atoms with Gasteiger partial charge in [-0.05, 0) is 103 Å². The van der Waals surface area contributed by atoms with Crippen molar-refractivity contribution in [2.24, 2.45) is 13.0 Å². The molecule has 1 saturated carbocycles. The Morgan fingerprint density at radius 1 is 0.854 bits per heavy atom. The largest absolute Gasteiger partial charge is 0.503 e. The molecular weight excluding hydrogens is 666 g/mol. The topological polar surface area (TPSA) is 108 Å². The lowest BCUT2D eigenvalue weighted by atomic mass is 9.87. The molecule has 0 atom stereocenters. The number of benzene rings is 2. The van der Waals surface area contributed by atoms with Gasteiger partial charge in [0.15, 0.2) is 0 Å². The fourth-order valence-electron chi connectivity index (χ4n) is 6.46. The molecule has 1 aromatic heterocycles.